The van der Waals surface area contributed by atoms with Gasteiger partial charge in [-0.15, -0.1) is 0 Å². The Morgan fingerprint density at radius 1 is 0.440 bits per heavy atom. The highest BCUT2D eigenvalue weighted by Gasteiger charge is 2.38. The summed E-state index contributed by atoms with van der Waals surface area (Å²) in [6, 6.07) is 54.2. The van der Waals surface area contributed by atoms with Crippen molar-refractivity contribution < 1.29 is 0 Å². The van der Waals surface area contributed by atoms with Gasteiger partial charge in [-0.05, 0) is 105 Å². The molecule has 0 saturated heterocycles. The maximum Gasteiger partial charge on any atom is 0.0641 e. The average molecular weight is 645 g/mol. The summed E-state index contributed by atoms with van der Waals surface area (Å²) in [5, 5.41) is 7.76. The summed E-state index contributed by atoms with van der Waals surface area (Å²) in [4.78, 5) is 0. The molecule has 0 amide bonds. The van der Waals surface area contributed by atoms with E-state index in [2.05, 4.69) is 182 Å². The van der Waals surface area contributed by atoms with Crippen molar-refractivity contribution in [3.05, 3.63) is 157 Å². The van der Waals surface area contributed by atoms with Crippen LogP contribution in [0, 0.1) is 0 Å². The Labute approximate surface area is 293 Å². The molecule has 2 heteroatoms. The Bertz CT molecular complexity index is 2780. The van der Waals surface area contributed by atoms with Gasteiger partial charge in [0.15, 0.2) is 0 Å². The van der Waals surface area contributed by atoms with Gasteiger partial charge in [0, 0.05) is 32.9 Å². The summed E-state index contributed by atoms with van der Waals surface area (Å²) < 4.78 is 5.02. The van der Waals surface area contributed by atoms with Gasteiger partial charge in [-0.1, -0.05) is 125 Å². The highest BCUT2D eigenvalue weighted by atomic mass is 15.0. The number of fused-ring (bicyclic) bond motifs is 9. The smallest absolute Gasteiger partial charge is 0.0641 e. The molecule has 9 aromatic rings. The number of hydrogen-bond acceptors (Lipinski definition) is 0. The molecule has 0 bridgehead atoms. The van der Waals surface area contributed by atoms with Crippen molar-refractivity contribution in [3.63, 3.8) is 0 Å². The van der Waals surface area contributed by atoms with Crippen LogP contribution < -0.4 is 0 Å². The Kier molecular flexibility index (Phi) is 6.13. The van der Waals surface area contributed by atoms with E-state index in [1.165, 1.54) is 101 Å². The molecule has 1 aliphatic carbocycles. The summed E-state index contributed by atoms with van der Waals surface area (Å²) in [5.74, 6) is 0. The molecule has 242 valence electrons. The summed E-state index contributed by atoms with van der Waals surface area (Å²) in [5.41, 5.74) is 13.1. The molecule has 0 atom stereocenters. The molecule has 0 saturated carbocycles. The zero-order chi connectivity index (χ0) is 33.8. The summed E-state index contributed by atoms with van der Waals surface area (Å²) in [6.45, 7) is 9.74. The maximum absolute atomic E-state index is 2.57. The molecular weight excluding hydrogens is 605 g/mol. The SMILES string of the molecule is CC1(C)CCC(C)(C)c2cc3c(cc21)c1c(ccc2c4ccccc4n(-c4ccc(-c5cccc6ccccc56)cc4)c21)n3-c1ccccc1. The number of aromatic nitrogens is 2. The fraction of sp³-hybridized carbons (Fsp3) is 0.167. The monoisotopic (exact) mass is 644 g/mol. The highest BCUT2D eigenvalue weighted by molar-refractivity contribution is 6.26. The zero-order valence-corrected chi connectivity index (χ0v) is 29.2. The Morgan fingerprint density at radius 2 is 1.08 bits per heavy atom. The van der Waals surface area contributed by atoms with Gasteiger partial charge in [0.1, 0.15) is 0 Å². The number of rotatable bonds is 3. The quantitative estimate of drug-likeness (QED) is 0.181. The summed E-state index contributed by atoms with van der Waals surface area (Å²) in [6.07, 6.45) is 2.38. The number of benzene rings is 7. The van der Waals surface area contributed by atoms with Crippen molar-refractivity contribution in [1.29, 1.82) is 0 Å². The summed E-state index contributed by atoms with van der Waals surface area (Å²) in [7, 11) is 0. The van der Waals surface area contributed by atoms with Gasteiger partial charge in [-0.3, -0.25) is 0 Å². The van der Waals surface area contributed by atoms with Gasteiger partial charge in [-0.2, -0.15) is 0 Å². The maximum atomic E-state index is 2.57. The van der Waals surface area contributed by atoms with E-state index in [4.69, 9.17) is 0 Å². The molecule has 10 rings (SSSR count). The highest BCUT2D eigenvalue weighted by Crippen LogP contribution is 2.50. The lowest BCUT2D eigenvalue weighted by atomic mass is 9.63. The van der Waals surface area contributed by atoms with Gasteiger partial charge in [0.25, 0.3) is 0 Å². The van der Waals surface area contributed by atoms with Crippen molar-refractivity contribution >= 4 is 54.4 Å². The molecule has 0 N–H and O–H groups in total. The molecule has 0 unspecified atom stereocenters. The van der Waals surface area contributed by atoms with Crippen molar-refractivity contribution in [3.8, 4) is 22.5 Å². The second kappa shape index (κ2) is 10.5. The minimum Gasteiger partial charge on any atom is -0.309 e. The van der Waals surface area contributed by atoms with E-state index in [0.29, 0.717) is 0 Å². The molecule has 0 spiro atoms. The largest absolute Gasteiger partial charge is 0.309 e. The number of para-hydroxylation sites is 2. The van der Waals surface area contributed by atoms with Crippen LogP contribution in [0.4, 0.5) is 0 Å². The van der Waals surface area contributed by atoms with E-state index < -0.39 is 0 Å². The van der Waals surface area contributed by atoms with Crippen molar-refractivity contribution in [1.82, 2.24) is 9.13 Å². The van der Waals surface area contributed by atoms with E-state index in [-0.39, 0.29) is 10.8 Å². The van der Waals surface area contributed by atoms with Crippen molar-refractivity contribution in [2.24, 2.45) is 0 Å². The van der Waals surface area contributed by atoms with Gasteiger partial charge >= 0.3 is 0 Å². The summed E-state index contributed by atoms with van der Waals surface area (Å²) >= 11 is 0. The molecule has 2 nitrogen and oxygen atoms in total. The van der Waals surface area contributed by atoms with E-state index in [1.54, 1.807) is 0 Å². The van der Waals surface area contributed by atoms with Crippen LogP contribution in [0.5, 0.6) is 0 Å². The topological polar surface area (TPSA) is 9.86 Å². The van der Waals surface area contributed by atoms with Crippen LogP contribution in [-0.4, -0.2) is 9.13 Å². The number of hydrogen-bond donors (Lipinski definition) is 0. The fourth-order valence-electron chi connectivity index (χ4n) is 9.01. The van der Waals surface area contributed by atoms with E-state index in [0.717, 1.165) is 0 Å². The van der Waals surface area contributed by atoms with Crippen LogP contribution in [-0.2, 0) is 10.8 Å². The van der Waals surface area contributed by atoms with Gasteiger partial charge < -0.3 is 9.13 Å². The molecule has 50 heavy (non-hydrogen) atoms. The van der Waals surface area contributed by atoms with Crippen LogP contribution >= 0.6 is 0 Å². The predicted molar refractivity (Wildman–Crippen MR) is 213 cm³/mol. The fourth-order valence-corrected chi connectivity index (χ4v) is 9.01. The van der Waals surface area contributed by atoms with Crippen LogP contribution in [0.1, 0.15) is 51.7 Å². The minimum absolute atomic E-state index is 0.109. The first-order valence-corrected chi connectivity index (χ1v) is 18.0. The molecule has 1 aliphatic rings. The Balaban J connectivity index is 1.32. The third kappa shape index (κ3) is 4.15. The van der Waals surface area contributed by atoms with Gasteiger partial charge in [-0.25, -0.2) is 0 Å². The van der Waals surface area contributed by atoms with Crippen LogP contribution in [0.2, 0.25) is 0 Å². The lowest BCUT2D eigenvalue weighted by Gasteiger charge is -2.42. The van der Waals surface area contributed by atoms with Gasteiger partial charge in [0.05, 0.1) is 22.1 Å². The predicted octanol–water partition coefficient (Wildman–Crippen LogP) is 13.0. The first kappa shape index (κ1) is 29.3. The Morgan fingerprint density at radius 3 is 1.86 bits per heavy atom. The van der Waals surface area contributed by atoms with Crippen LogP contribution in [0.25, 0.3) is 76.9 Å². The standard InChI is InChI=1S/C48H40N2/c1-47(2)27-28-48(3,4)41-30-44-39(29-40(41)47)45-43(49(44)33-15-6-5-7-16-33)26-25-38-37-18-10-11-20-42(37)50(46(38)45)34-23-21-32(22-24-34)36-19-12-14-31-13-8-9-17-35(31)36/h5-26,29-30H,27-28H2,1-4H3. The zero-order valence-electron chi connectivity index (χ0n) is 29.2. The van der Waals surface area contributed by atoms with E-state index >= 15 is 0 Å². The first-order valence-electron chi connectivity index (χ1n) is 18.0. The Hall–Kier alpha value is -5.60. The molecule has 7 aromatic carbocycles. The van der Waals surface area contributed by atoms with E-state index in [9.17, 15) is 0 Å². The lowest BCUT2D eigenvalue weighted by molar-refractivity contribution is 0.332. The lowest BCUT2D eigenvalue weighted by Crippen LogP contribution is -2.33. The molecule has 0 radical (unpaired) electrons. The minimum atomic E-state index is 0.109. The third-order valence-electron chi connectivity index (χ3n) is 11.8. The molecule has 2 aromatic heterocycles. The van der Waals surface area contributed by atoms with Crippen LogP contribution in [0.15, 0.2) is 146 Å². The van der Waals surface area contributed by atoms with Crippen molar-refractivity contribution in [2.75, 3.05) is 0 Å². The first-order chi connectivity index (χ1) is 24.3. The number of nitrogens with zero attached hydrogens (tertiary/aromatic N) is 2. The molecular formula is C48H40N2. The second-order valence-electron chi connectivity index (χ2n) is 15.6. The molecule has 2 heterocycles. The van der Waals surface area contributed by atoms with Crippen LogP contribution in [0.3, 0.4) is 0 Å². The second-order valence-corrected chi connectivity index (χ2v) is 15.6. The average Bonchev–Trinajstić information content (AvgIpc) is 3.66. The molecule has 0 aliphatic heterocycles. The van der Waals surface area contributed by atoms with E-state index in [1.807, 2.05) is 0 Å². The van der Waals surface area contributed by atoms with Gasteiger partial charge in [0.2, 0.25) is 0 Å². The third-order valence-corrected chi connectivity index (χ3v) is 11.8. The van der Waals surface area contributed by atoms with Crippen molar-refractivity contribution in [2.45, 2.75) is 51.4 Å². The normalized spacial score (nSPS) is 15.4. The molecule has 0 fully saturated rings.